The van der Waals surface area contributed by atoms with Gasteiger partial charge in [-0.1, -0.05) is 29.4 Å². The maximum absolute atomic E-state index is 11.4. The molecule has 0 saturated carbocycles. The summed E-state index contributed by atoms with van der Waals surface area (Å²) in [7, 11) is 1.89. The van der Waals surface area contributed by atoms with E-state index in [9.17, 15) is 4.79 Å². The zero-order chi connectivity index (χ0) is 13.8. The number of nitrogens with one attached hydrogen (secondary N) is 2. The molecule has 1 heterocycles. The number of benzene rings is 1. The molecule has 6 heteroatoms. The predicted molar refractivity (Wildman–Crippen MR) is 77.9 cm³/mol. The molecule has 2 rings (SSSR count). The van der Waals surface area contributed by atoms with Gasteiger partial charge < -0.3 is 10.3 Å². The van der Waals surface area contributed by atoms with E-state index in [4.69, 9.17) is 11.6 Å². The van der Waals surface area contributed by atoms with Crippen molar-refractivity contribution in [3.05, 3.63) is 50.9 Å². The number of nitrogens with zero attached hydrogens (tertiary/aromatic N) is 1. The molecule has 0 spiro atoms. The van der Waals surface area contributed by atoms with Crippen molar-refractivity contribution in [1.82, 2.24) is 15.3 Å². The summed E-state index contributed by atoms with van der Waals surface area (Å²) in [5, 5.41) is 4.27. The average Bonchev–Trinajstić information content (AvgIpc) is 2.32. The number of hydrogen-bond donors (Lipinski definition) is 2. The molecule has 0 unspecified atom stereocenters. The van der Waals surface area contributed by atoms with Crippen molar-refractivity contribution in [3.8, 4) is 0 Å². The van der Waals surface area contributed by atoms with Gasteiger partial charge in [0, 0.05) is 23.2 Å². The van der Waals surface area contributed by atoms with Gasteiger partial charge in [0.25, 0.3) is 5.56 Å². The fourth-order valence-corrected chi connectivity index (χ4v) is 2.81. The summed E-state index contributed by atoms with van der Waals surface area (Å²) in [5.74, 6) is 0. The summed E-state index contributed by atoms with van der Waals surface area (Å²) in [6.07, 6.45) is 0. The molecule has 1 aromatic heterocycles. The fraction of sp³-hybridized carbons (Fsp3) is 0.231. The van der Waals surface area contributed by atoms with E-state index in [1.807, 2.05) is 25.2 Å². The molecular formula is C13H14ClN3OS. The Bertz CT molecular complexity index is 642. The van der Waals surface area contributed by atoms with Crippen LogP contribution in [0.5, 0.6) is 0 Å². The lowest BCUT2D eigenvalue weighted by molar-refractivity contribution is 0.817. The first-order chi connectivity index (χ1) is 9.08. The van der Waals surface area contributed by atoms with Crippen molar-refractivity contribution >= 4 is 23.4 Å². The Morgan fingerprint density at radius 1 is 1.42 bits per heavy atom. The van der Waals surface area contributed by atoms with E-state index in [0.717, 1.165) is 17.0 Å². The smallest absolute Gasteiger partial charge is 0.251 e. The quantitative estimate of drug-likeness (QED) is 0.851. The maximum Gasteiger partial charge on any atom is 0.251 e. The summed E-state index contributed by atoms with van der Waals surface area (Å²) < 4.78 is 0. The normalized spacial score (nSPS) is 10.7. The van der Waals surface area contributed by atoms with E-state index in [-0.39, 0.29) is 5.56 Å². The second kappa shape index (κ2) is 6.23. The summed E-state index contributed by atoms with van der Waals surface area (Å²) in [6, 6.07) is 7.30. The highest BCUT2D eigenvalue weighted by Crippen LogP contribution is 2.31. The third-order valence-corrected chi connectivity index (χ3v) is 3.82. The first-order valence-electron chi connectivity index (χ1n) is 5.77. The largest absolute Gasteiger partial charge is 0.316 e. The first kappa shape index (κ1) is 14.1. The minimum atomic E-state index is -0.155. The zero-order valence-corrected chi connectivity index (χ0v) is 12.2. The summed E-state index contributed by atoms with van der Waals surface area (Å²) in [6.45, 7) is 2.56. The molecule has 0 bridgehead atoms. The lowest BCUT2D eigenvalue weighted by atomic mass is 10.2. The molecule has 100 valence electrons. The molecule has 0 fully saturated rings. The Labute approximate surface area is 120 Å². The van der Waals surface area contributed by atoms with Crippen LogP contribution in [0.15, 0.2) is 39.1 Å². The molecule has 19 heavy (non-hydrogen) atoms. The fourth-order valence-electron chi connectivity index (χ4n) is 1.65. The third-order valence-electron chi connectivity index (χ3n) is 2.43. The van der Waals surface area contributed by atoms with Gasteiger partial charge in [0.1, 0.15) is 0 Å². The van der Waals surface area contributed by atoms with E-state index in [1.165, 1.54) is 17.8 Å². The monoisotopic (exact) mass is 295 g/mol. The highest BCUT2D eigenvalue weighted by atomic mass is 35.5. The molecule has 0 aliphatic carbocycles. The van der Waals surface area contributed by atoms with E-state index < -0.39 is 0 Å². The highest BCUT2D eigenvalue weighted by Gasteiger charge is 2.06. The van der Waals surface area contributed by atoms with Crippen LogP contribution in [0.25, 0.3) is 0 Å². The molecule has 0 aliphatic rings. The van der Waals surface area contributed by atoms with Crippen LogP contribution in [-0.2, 0) is 6.54 Å². The van der Waals surface area contributed by atoms with Crippen LogP contribution >= 0.6 is 23.4 Å². The van der Waals surface area contributed by atoms with Crippen LogP contribution < -0.4 is 10.9 Å². The Hall–Kier alpha value is -1.30. The number of rotatable bonds is 4. The van der Waals surface area contributed by atoms with Crippen molar-refractivity contribution < 1.29 is 0 Å². The number of aromatic amines is 1. The van der Waals surface area contributed by atoms with Crippen molar-refractivity contribution in [2.24, 2.45) is 0 Å². The van der Waals surface area contributed by atoms with Gasteiger partial charge >= 0.3 is 0 Å². The maximum atomic E-state index is 11.4. The third kappa shape index (κ3) is 3.83. The van der Waals surface area contributed by atoms with Gasteiger partial charge in [-0.3, -0.25) is 4.79 Å². The molecule has 0 atom stereocenters. The number of halogens is 1. The van der Waals surface area contributed by atoms with Crippen LogP contribution in [-0.4, -0.2) is 17.0 Å². The predicted octanol–water partition coefficient (Wildman–Crippen LogP) is 2.60. The van der Waals surface area contributed by atoms with Crippen molar-refractivity contribution in [1.29, 1.82) is 0 Å². The van der Waals surface area contributed by atoms with E-state index >= 15 is 0 Å². The SMILES string of the molecule is CNCc1ccc(Sc2nc(C)cc(=O)[nH]2)c(Cl)c1. The minimum absolute atomic E-state index is 0.155. The molecule has 0 aliphatic heterocycles. The Kier molecular flexibility index (Phi) is 4.63. The number of aromatic nitrogens is 2. The number of hydrogen-bond acceptors (Lipinski definition) is 4. The lowest BCUT2D eigenvalue weighted by Gasteiger charge is -2.06. The van der Waals surface area contributed by atoms with Crippen molar-refractivity contribution in [3.63, 3.8) is 0 Å². The standard InChI is InChI=1S/C13H14ClN3OS/c1-8-5-12(18)17-13(16-8)19-11-4-3-9(7-15-2)6-10(11)14/h3-6,15H,7H2,1-2H3,(H,16,17,18). The number of H-pyrrole nitrogens is 1. The Balaban J connectivity index is 2.25. The topological polar surface area (TPSA) is 57.8 Å². The van der Waals surface area contributed by atoms with Crippen LogP contribution in [0.3, 0.4) is 0 Å². The van der Waals surface area contributed by atoms with Gasteiger partial charge in [-0.15, -0.1) is 0 Å². The minimum Gasteiger partial charge on any atom is -0.316 e. The van der Waals surface area contributed by atoms with Gasteiger partial charge in [-0.25, -0.2) is 4.98 Å². The van der Waals surface area contributed by atoms with Gasteiger partial charge in [0.05, 0.1) is 5.02 Å². The summed E-state index contributed by atoms with van der Waals surface area (Å²) >= 11 is 7.58. The van der Waals surface area contributed by atoms with Crippen LogP contribution in [0.2, 0.25) is 5.02 Å². The van der Waals surface area contributed by atoms with Crippen molar-refractivity contribution in [2.45, 2.75) is 23.5 Å². The highest BCUT2D eigenvalue weighted by molar-refractivity contribution is 7.99. The Morgan fingerprint density at radius 2 is 2.21 bits per heavy atom. The van der Waals surface area contributed by atoms with Crippen LogP contribution in [0.1, 0.15) is 11.3 Å². The van der Waals surface area contributed by atoms with Crippen molar-refractivity contribution in [2.75, 3.05) is 7.05 Å². The zero-order valence-electron chi connectivity index (χ0n) is 10.7. The molecular weight excluding hydrogens is 282 g/mol. The van der Waals surface area contributed by atoms with E-state index in [1.54, 1.807) is 6.92 Å². The molecule has 4 nitrogen and oxygen atoms in total. The second-order valence-electron chi connectivity index (χ2n) is 4.09. The first-order valence-corrected chi connectivity index (χ1v) is 6.97. The lowest BCUT2D eigenvalue weighted by Crippen LogP contribution is -2.08. The molecule has 2 aromatic rings. The van der Waals surface area contributed by atoms with Crippen LogP contribution in [0.4, 0.5) is 0 Å². The van der Waals surface area contributed by atoms with Gasteiger partial charge in [-0.2, -0.15) is 0 Å². The molecule has 0 radical (unpaired) electrons. The average molecular weight is 296 g/mol. The summed E-state index contributed by atoms with van der Waals surface area (Å²) in [4.78, 5) is 19.2. The molecule has 0 amide bonds. The van der Waals surface area contributed by atoms with Gasteiger partial charge in [-0.05, 0) is 31.7 Å². The summed E-state index contributed by atoms with van der Waals surface area (Å²) in [5.41, 5.74) is 1.65. The molecule has 1 aromatic carbocycles. The molecule has 2 N–H and O–H groups in total. The van der Waals surface area contributed by atoms with E-state index in [0.29, 0.717) is 15.9 Å². The van der Waals surface area contributed by atoms with Gasteiger partial charge in [0.2, 0.25) is 0 Å². The molecule has 0 saturated heterocycles. The van der Waals surface area contributed by atoms with E-state index in [2.05, 4.69) is 15.3 Å². The Morgan fingerprint density at radius 3 is 2.84 bits per heavy atom. The number of aryl methyl sites for hydroxylation is 1. The van der Waals surface area contributed by atoms with Crippen LogP contribution in [0, 0.1) is 6.92 Å². The van der Waals surface area contributed by atoms with Gasteiger partial charge in [0.15, 0.2) is 5.16 Å². The second-order valence-corrected chi connectivity index (χ2v) is 5.53.